The van der Waals surface area contributed by atoms with Gasteiger partial charge in [-0.25, -0.2) is 4.68 Å². The summed E-state index contributed by atoms with van der Waals surface area (Å²) < 4.78 is 1.25. The SMILES string of the molecule is C[C@H]1CCc2c(sc3nnn(CC(=O)N4CCCCC4)c(=O)c23)C1. The van der Waals surface area contributed by atoms with Crippen LogP contribution in [0.3, 0.4) is 0 Å². The van der Waals surface area contributed by atoms with Crippen molar-refractivity contribution in [2.75, 3.05) is 13.1 Å². The number of aromatic nitrogens is 3. The zero-order valence-corrected chi connectivity index (χ0v) is 14.8. The van der Waals surface area contributed by atoms with Gasteiger partial charge in [0.25, 0.3) is 5.56 Å². The number of hydrogen-bond acceptors (Lipinski definition) is 5. The van der Waals surface area contributed by atoms with Crippen molar-refractivity contribution in [1.82, 2.24) is 19.9 Å². The molecule has 4 rings (SSSR count). The standard InChI is InChI=1S/C17H22N4O2S/c1-11-5-6-12-13(9-11)24-16-15(12)17(23)21(19-18-16)10-14(22)20-7-3-2-4-8-20/h11H,2-10H2,1H3/t11-/m0/s1. The molecule has 3 heterocycles. The van der Waals surface area contributed by atoms with Gasteiger partial charge in [-0.1, -0.05) is 12.1 Å². The lowest BCUT2D eigenvalue weighted by molar-refractivity contribution is -0.133. The third kappa shape index (κ3) is 2.75. The lowest BCUT2D eigenvalue weighted by atomic mass is 9.89. The topological polar surface area (TPSA) is 68.1 Å². The number of hydrogen-bond donors (Lipinski definition) is 0. The van der Waals surface area contributed by atoms with Crippen molar-refractivity contribution in [2.45, 2.75) is 52.0 Å². The first-order chi connectivity index (χ1) is 11.6. The van der Waals surface area contributed by atoms with Crippen LogP contribution in [0.2, 0.25) is 0 Å². The minimum atomic E-state index is -0.155. The quantitative estimate of drug-likeness (QED) is 0.834. The van der Waals surface area contributed by atoms with Crippen molar-refractivity contribution in [1.29, 1.82) is 0 Å². The molecular weight excluding hydrogens is 324 g/mol. The van der Waals surface area contributed by atoms with Crippen LogP contribution in [0.1, 0.15) is 43.0 Å². The summed E-state index contributed by atoms with van der Waals surface area (Å²) in [5.41, 5.74) is 0.990. The van der Waals surface area contributed by atoms with Gasteiger partial charge in [0, 0.05) is 18.0 Å². The maximum Gasteiger partial charge on any atom is 0.279 e. The molecule has 0 spiro atoms. The van der Waals surface area contributed by atoms with Gasteiger partial charge in [-0.3, -0.25) is 9.59 Å². The minimum Gasteiger partial charge on any atom is -0.341 e. The van der Waals surface area contributed by atoms with Crippen molar-refractivity contribution in [3.05, 3.63) is 20.8 Å². The number of amides is 1. The number of likely N-dealkylation sites (tertiary alicyclic amines) is 1. The van der Waals surface area contributed by atoms with E-state index in [9.17, 15) is 9.59 Å². The van der Waals surface area contributed by atoms with E-state index in [0.717, 1.165) is 55.6 Å². The zero-order chi connectivity index (χ0) is 16.7. The summed E-state index contributed by atoms with van der Waals surface area (Å²) in [5, 5.41) is 8.95. The van der Waals surface area contributed by atoms with Crippen molar-refractivity contribution in [3.8, 4) is 0 Å². The highest BCUT2D eigenvalue weighted by Crippen LogP contribution is 2.35. The molecule has 0 saturated carbocycles. The smallest absolute Gasteiger partial charge is 0.279 e. The Kier molecular flexibility index (Phi) is 4.12. The second-order valence-electron chi connectivity index (χ2n) is 7.03. The van der Waals surface area contributed by atoms with Crippen LogP contribution in [0, 0.1) is 5.92 Å². The van der Waals surface area contributed by atoms with Gasteiger partial charge >= 0.3 is 0 Å². The lowest BCUT2D eigenvalue weighted by Crippen LogP contribution is -2.40. The Balaban J connectivity index is 1.66. The van der Waals surface area contributed by atoms with Crippen LogP contribution in [0.15, 0.2) is 4.79 Å². The summed E-state index contributed by atoms with van der Waals surface area (Å²) in [4.78, 5) is 29.1. The molecular formula is C17H22N4O2S. The second-order valence-corrected chi connectivity index (χ2v) is 8.11. The van der Waals surface area contributed by atoms with E-state index in [1.807, 2.05) is 4.90 Å². The molecule has 0 unspecified atom stereocenters. The number of rotatable bonds is 2. The van der Waals surface area contributed by atoms with Gasteiger partial charge in [-0.15, -0.1) is 16.4 Å². The lowest BCUT2D eigenvalue weighted by Gasteiger charge is -2.26. The van der Waals surface area contributed by atoms with E-state index < -0.39 is 0 Å². The first kappa shape index (κ1) is 15.7. The van der Waals surface area contributed by atoms with E-state index in [-0.39, 0.29) is 18.0 Å². The van der Waals surface area contributed by atoms with Crippen molar-refractivity contribution < 1.29 is 4.79 Å². The first-order valence-electron chi connectivity index (χ1n) is 8.79. The van der Waals surface area contributed by atoms with E-state index in [0.29, 0.717) is 11.3 Å². The summed E-state index contributed by atoms with van der Waals surface area (Å²) >= 11 is 1.59. The largest absolute Gasteiger partial charge is 0.341 e. The number of fused-ring (bicyclic) bond motifs is 3. The molecule has 2 aliphatic rings. The van der Waals surface area contributed by atoms with Gasteiger partial charge in [0.1, 0.15) is 6.54 Å². The normalized spacial score (nSPS) is 21.0. The fourth-order valence-electron chi connectivity index (χ4n) is 3.77. The Morgan fingerprint density at radius 1 is 1.29 bits per heavy atom. The van der Waals surface area contributed by atoms with Crippen molar-refractivity contribution in [2.24, 2.45) is 5.92 Å². The maximum absolute atomic E-state index is 12.9. The molecule has 6 nitrogen and oxygen atoms in total. The molecule has 1 saturated heterocycles. The maximum atomic E-state index is 12.9. The second kappa shape index (κ2) is 6.27. The predicted octanol–water partition coefficient (Wildman–Crippen LogP) is 1.99. The summed E-state index contributed by atoms with van der Waals surface area (Å²) in [6, 6.07) is 0. The van der Waals surface area contributed by atoms with E-state index >= 15 is 0 Å². The summed E-state index contributed by atoms with van der Waals surface area (Å²) in [7, 11) is 0. The van der Waals surface area contributed by atoms with Crippen molar-refractivity contribution >= 4 is 27.5 Å². The van der Waals surface area contributed by atoms with Gasteiger partial charge in [0.2, 0.25) is 5.91 Å². The Morgan fingerprint density at radius 2 is 2.08 bits per heavy atom. The number of carbonyl (C=O) groups is 1. The molecule has 1 aliphatic heterocycles. The van der Waals surface area contributed by atoms with Gasteiger partial charge in [0.15, 0.2) is 4.83 Å². The van der Waals surface area contributed by atoms with Crippen LogP contribution >= 0.6 is 11.3 Å². The fraction of sp³-hybridized carbons (Fsp3) is 0.647. The van der Waals surface area contributed by atoms with Crippen LogP contribution in [0.5, 0.6) is 0 Å². The van der Waals surface area contributed by atoms with Crippen LogP contribution in [0.25, 0.3) is 10.2 Å². The average Bonchev–Trinajstić information content (AvgIpc) is 2.96. The molecule has 1 amide bonds. The molecule has 1 fully saturated rings. The Labute approximate surface area is 144 Å². The van der Waals surface area contributed by atoms with E-state index in [2.05, 4.69) is 17.2 Å². The first-order valence-corrected chi connectivity index (χ1v) is 9.61. The number of aryl methyl sites for hydroxylation is 1. The van der Waals surface area contributed by atoms with Crippen LogP contribution in [-0.4, -0.2) is 38.9 Å². The number of thiophene rings is 1. The molecule has 0 bridgehead atoms. The molecule has 7 heteroatoms. The number of carbonyl (C=O) groups excluding carboxylic acids is 1. The summed E-state index contributed by atoms with van der Waals surface area (Å²) in [6.07, 6.45) is 6.31. The zero-order valence-electron chi connectivity index (χ0n) is 14.0. The van der Waals surface area contributed by atoms with Gasteiger partial charge in [0.05, 0.1) is 5.39 Å². The monoisotopic (exact) mass is 346 g/mol. The molecule has 2 aromatic heterocycles. The molecule has 128 valence electrons. The molecule has 0 radical (unpaired) electrons. The van der Waals surface area contributed by atoms with E-state index in [4.69, 9.17) is 0 Å². The Hall–Kier alpha value is -1.76. The predicted molar refractivity (Wildman–Crippen MR) is 93.3 cm³/mol. The van der Waals surface area contributed by atoms with Crippen LogP contribution < -0.4 is 5.56 Å². The molecule has 2 aromatic rings. The summed E-state index contributed by atoms with van der Waals surface area (Å²) in [6.45, 7) is 3.82. The molecule has 0 N–H and O–H groups in total. The highest BCUT2D eigenvalue weighted by Gasteiger charge is 2.25. The van der Waals surface area contributed by atoms with Gasteiger partial charge in [-0.05, 0) is 50.0 Å². The number of nitrogens with zero attached hydrogens (tertiary/aromatic N) is 4. The Morgan fingerprint density at radius 3 is 2.88 bits per heavy atom. The van der Waals surface area contributed by atoms with E-state index in [1.54, 1.807) is 11.3 Å². The average molecular weight is 346 g/mol. The van der Waals surface area contributed by atoms with Crippen molar-refractivity contribution in [3.63, 3.8) is 0 Å². The third-order valence-electron chi connectivity index (χ3n) is 5.18. The van der Waals surface area contributed by atoms with Crippen LogP contribution in [-0.2, 0) is 24.2 Å². The van der Waals surface area contributed by atoms with E-state index in [1.165, 1.54) is 16.0 Å². The fourth-order valence-corrected chi connectivity index (χ4v) is 5.08. The molecule has 0 aromatic carbocycles. The summed E-state index contributed by atoms with van der Waals surface area (Å²) in [5.74, 6) is 0.629. The van der Waals surface area contributed by atoms with Gasteiger partial charge in [-0.2, -0.15) is 0 Å². The number of piperidine rings is 1. The van der Waals surface area contributed by atoms with Gasteiger partial charge < -0.3 is 4.90 Å². The third-order valence-corrected chi connectivity index (χ3v) is 6.32. The molecule has 1 atom stereocenters. The highest BCUT2D eigenvalue weighted by atomic mass is 32.1. The molecule has 1 aliphatic carbocycles. The minimum absolute atomic E-state index is 0.00277. The van der Waals surface area contributed by atoms with Crippen LogP contribution in [0.4, 0.5) is 0 Å². The highest BCUT2D eigenvalue weighted by molar-refractivity contribution is 7.18. The Bertz CT molecular complexity index is 835. The molecule has 24 heavy (non-hydrogen) atoms.